The lowest BCUT2D eigenvalue weighted by Crippen LogP contribution is -2.49. The van der Waals surface area contributed by atoms with Gasteiger partial charge in [0.25, 0.3) is 0 Å². The molecule has 1 aromatic carbocycles. The number of ether oxygens (including phenoxy) is 2. The zero-order chi connectivity index (χ0) is 15.3. The second kappa shape index (κ2) is 6.80. The Morgan fingerprint density at radius 2 is 2.00 bits per heavy atom. The summed E-state index contributed by atoms with van der Waals surface area (Å²) in [5.74, 6) is 0.674. The molecule has 21 heavy (non-hydrogen) atoms. The van der Waals surface area contributed by atoms with E-state index in [9.17, 15) is 9.90 Å². The Labute approximate surface area is 125 Å². The SMILES string of the molecule is CCOc1ccccc1OCCN1CCCC1(C)C(=O)O. The summed E-state index contributed by atoms with van der Waals surface area (Å²) in [6, 6.07) is 7.54. The van der Waals surface area contributed by atoms with Crippen molar-refractivity contribution in [3.8, 4) is 11.5 Å². The van der Waals surface area contributed by atoms with Crippen LogP contribution in [0.25, 0.3) is 0 Å². The third-order valence-electron chi connectivity index (χ3n) is 4.02. The lowest BCUT2D eigenvalue weighted by Gasteiger charge is -2.30. The van der Waals surface area contributed by atoms with Crippen LogP contribution in [0.1, 0.15) is 26.7 Å². The van der Waals surface area contributed by atoms with Crippen molar-refractivity contribution >= 4 is 5.97 Å². The number of rotatable bonds is 7. The Kier molecular flexibility index (Phi) is 5.07. The monoisotopic (exact) mass is 293 g/mol. The lowest BCUT2D eigenvalue weighted by atomic mass is 9.99. The summed E-state index contributed by atoms with van der Waals surface area (Å²) in [6.45, 7) is 6.16. The minimum Gasteiger partial charge on any atom is -0.490 e. The summed E-state index contributed by atoms with van der Waals surface area (Å²) in [6.07, 6.45) is 1.61. The number of likely N-dealkylation sites (tertiary alicyclic amines) is 1. The highest BCUT2D eigenvalue weighted by Gasteiger charge is 2.42. The molecule has 116 valence electrons. The van der Waals surface area contributed by atoms with Gasteiger partial charge in [-0.15, -0.1) is 0 Å². The summed E-state index contributed by atoms with van der Waals surface area (Å²) in [4.78, 5) is 13.4. The highest BCUT2D eigenvalue weighted by atomic mass is 16.5. The van der Waals surface area contributed by atoms with E-state index in [0.717, 1.165) is 18.7 Å². The number of aliphatic carboxylic acids is 1. The van der Waals surface area contributed by atoms with E-state index >= 15 is 0 Å². The van der Waals surface area contributed by atoms with Gasteiger partial charge in [0.2, 0.25) is 0 Å². The molecule has 1 unspecified atom stereocenters. The zero-order valence-electron chi connectivity index (χ0n) is 12.7. The van der Waals surface area contributed by atoms with Crippen LogP contribution in [0.3, 0.4) is 0 Å². The summed E-state index contributed by atoms with van der Waals surface area (Å²) >= 11 is 0. The van der Waals surface area contributed by atoms with E-state index in [0.29, 0.717) is 31.9 Å². The average molecular weight is 293 g/mol. The van der Waals surface area contributed by atoms with Crippen LogP contribution in [-0.2, 0) is 4.79 Å². The molecule has 2 rings (SSSR count). The van der Waals surface area contributed by atoms with Crippen molar-refractivity contribution in [2.75, 3.05) is 26.3 Å². The predicted octanol–water partition coefficient (Wildman–Crippen LogP) is 2.40. The molecule has 1 aliphatic heterocycles. The quantitative estimate of drug-likeness (QED) is 0.836. The second-order valence-electron chi connectivity index (χ2n) is 5.40. The van der Waals surface area contributed by atoms with Gasteiger partial charge in [-0.25, -0.2) is 0 Å². The molecule has 1 N–H and O–H groups in total. The van der Waals surface area contributed by atoms with E-state index < -0.39 is 11.5 Å². The van der Waals surface area contributed by atoms with Crippen molar-refractivity contribution in [2.24, 2.45) is 0 Å². The van der Waals surface area contributed by atoms with Crippen molar-refractivity contribution in [1.29, 1.82) is 0 Å². The van der Waals surface area contributed by atoms with Crippen LogP contribution in [-0.4, -0.2) is 47.8 Å². The summed E-state index contributed by atoms with van der Waals surface area (Å²) in [7, 11) is 0. The van der Waals surface area contributed by atoms with E-state index in [-0.39, 0.29) is 0 Å². The number of hydrogen-bond donors (Lipinski definition) is 1. The Morgan fingerprint density at radius 3 is 2.62 bits per heavy atom. The Hall–Kier alpha value is -1.75. The Bertz CT molecular complexity index is 491. The first-order valence-electron chi connectivity index (χ1n) is 7.41. The standard InChI is InChI=1S/C16H23NO4/c1-3-20-13-7-4-5-8-14(13)21-12-11-17-10-6-9-16(17,2)15(18)19/h4-5,7-8H,3,6,9-12H2,1-2H3,(H,18,19). The minimum atomic E-state index is -0.761. The van der Waals surface area contributed by atoms with Gasteiger partial charge in [0.05, 0.1) is 6.61 Å². The van der Waals surface area contributed by atoms with Gasteiger partial charge in [-0.05, 0) is 45.4 Å². The minimum absolute atomic E-state index is 0.451. The maximum atomic E-state index is 11.4. The first kappa shape index (κ1) is 15.6. The van der Waals surface area contributed by atoms with Crippen molar-refractivity contribution < 1.29 is 19.4 Å². The van der Waals surface area contributed by atoms with Gasteiger partial charge >= 0.3 is 5.97 Å². The fourth-order valence-electron chi connectivity index (χ4n) is 2.73. The summed E-state index contributed by atoms with van der Waals surface area (Å²) in [5.41, 5.74) is -0.761. The molecule has 0 radical (unpaired) electrons. The second-order valence-corrected chi connectivity index (χ2v) is 5.40. The van der Waals surface area contributed by atoms with E-state index in [2.05, 4.69) is 0 Å². The first-order chi connectivity index (χ1) is 10.1. The molecule has 1 heterocycles. The number of carboxylic acid groups (broad SMARTS) is 1. The maximum absolute atomic E-state index is 11.4. The van der Waals surface area contributed by atoms with Crippen LogP contribution in [0.2, 0.25) is 0 Å². The van der Waals surface area contributed by atoms with Crippen LogP contribution >= 0.6 is 0 Å². The fraction of sp³-hybridized carbons (Fsp3) is 0.562. The number of carbonyl (C=O) groups is 1. The van der Waals surface area contributed by atoms with E-state index in [1.807, 2.05) is 36.1 Å². The molecule has 5 heteroatoms. The molecule has 0 amide bonds. The van der Waals surface area contributed by atoms with E-state index in [1.165, 1.54) is 0 Å². The first-order valence-corrected chi connectivity index (χ1v) is 7.41. The molecule has 0 aliphatic carbocycles. The Morgan fingerprint density at radius 1 is 1.33 bits per heavy atom. The van der Waals surface area contributed by atoms with Gasteiger partial charge in [-0.3, -0.25) is 9.69 Å². The zero-order valence-corrected chi connectivity index (χ0v) is 12.7. The fourth-order valence-corrected chi connectivity index (χ4v) is 2.73. The number of para-hydroxylation sites is 2. The number of nitrogens with zero attached hydrogens (tertiary/aromatic N) is 1. The summed E-state index contributed by atoms with van der Waals surface area (Å²) < 4.78 is 11.3. The number of benzene rings is 1. The van der Waals surface area contributed by atoms with Crippen LogP contribution in [0, 0.1) is 0 Å². The highest BCUT2D eigenvalue weighted by Crippen LogP contribution is 2.30. The molecule has 5 nitrogen and oxygen atoms in total. The molecule has 1 aliphatic rings. The van der Waals surface area contributed by atoms with Crippen LogP contribution in [0.4, 0.5) is 0 Å². The number of hydrogen-bond acceptors (Lipinski definition) is 4. The van der Waals surface area contributed by atoms with E-state index in [1.54, 1.807) is 6.92 Å². The van der Waals surface area contributed by atoms with Gasteiger partial charge in [0.15, 0.2) is 11.5 Å². The molecule has 0 bridgehead atoms. The smallest absolute Gasteiger partial charge is 0.323 e. The molecule has 1 aromatic rings. The molecular weight excluding hydrogens is 270 g/mol. The molecular formula is C16H23NO4. The topological polar surface area (TPSA) is 59.0 Å². The van der Waals surface area contributed by atoms with Gasteiger partial charge in [0, 0.05) is 6.54 Å². The van der Waals surface area contributed by atoms with Gasteiger partial charge < -0.3 is 14.6 Å². The molecule has 1 atom stereocenters. The lowest BCUT2D eigenvalue weighted by molar-refractivity contribution is -0.148. The highest BCUT2D eigenvalue weighted by molar-refractivity contribution is 5.78. The molecule has 1 fully saturated rings. The predicted molar refractivity (Wildman–Crippen MR) is 80.0 cm³/mol. The van der Waals surface area contributed by atoms with Crippen LogP contribution < -0.4 is 9.47 Å². The molecule has 0 saturated carbocycles. The molecule has 0 aromatic heterocycles. The normalized spacial score (nSPS) is 22.2. The average Bonchev–Trinajstić information content (AvgIpc) is 2.84. The van der Waals surface area contributed by atoms with Gasteiger partial charge in [-0.1, -0.05) is 12.1 Å². The molecule has 1 saturated heterocycles. The number of carboxylic acids is 1. The Balaban J connectivity index is 1.91. The third-order valence-corrected chi connectivity index (χ3v) is 4.02. The summed E-state index contributed by atoms with van der Waals surface area (Å²) in [5, 5.41) is 9.37. The van der Waals surface area contributed by atoms with Gasteiger partial charge in [-0.2, -0.15) is 0 Å². The van der Waals surface area contributed by atoms with Crippen LogP contribution in [0.15, 0.2) is 24.3 Å². The largest absolute Gasteiger partial charge is 0.490 e. The van der Waals surface area contributed by atoms with Crippen molar-refractivity contribution in [2.45, 2.75) is 32.2 Å². The molecule has 0 spiro atoms. The van der Waals surface area contributed by atoms with E-state index in [4.69, 9.17) is 9.47 Å². The van der Waals surface area contributed by atoms with Crippen LogP contribution in [0.5, 0.6) is 11.5 Å². The maximum Gasteiger partial charge on any atom is 0.323 e. The third kappa shape index (κ3) is 3.47. The van der Waals surface area contributed by atoms with Crippen molar-refractivity contribution in [1.82, 2.24) is 4.90 Å². The van der Waals surface area contributed by atoms with Crippen molar-refractivity contribution in [3.05, 3.63) is 24.3 Å². The van der Waals surface area contributed by atoms with Crippen molar-refractivity contribution in [3.63, 3.8) is 0 Å². The van der Waals surface area contributed by atoms with Gasteiger partial charge in [0.1, 0.15) is 12.1 Å².